The first-order chi connectivity index (χ1) is 40.5. The van der Waals surface area contributed by atoms with Crippen molar-refractivity contribution in [1.82, 2.24) is 0 Å². The van der Waals surface area contributed by atoms with Crippen molar-refractivity contribution in [1.29, 1.82) is 0 Å². The SMILES string of the molecule is CCCCCCCCCC/C=C\CCCCCCCCCCCCCCCCCC(=O)OC(COC(=O)CCCCCCCCCCCCCCCCCCCCCCCCCCCCCCCCCC)COP(=O)(O)OCC[N+](C)(C)C. The minimum absolute atomic E-state index is 0.0363. The second-order valence-electron chi connectivity index (χ2n) is 26.7. The van der Waals surface area contributed by atoms with Gasteiger partial charge in [-0.25, -0.2) is 4.57 Å². The molecule has 0 heterocycles. The zero-order valence-corrected chi connectivity index (χ0v) is 57.4. The smallest absolute Gasteiger partial charge is 0.462 e. The third-order valence-electron chi connectivity index (χ3n) is 17.0. The fourth-order valence-electron chi connectivity index (χ4n) is 11.4. The van der Waals surface area contributed by atoms with Crippen LogP contribution in [0.25, 0.3) is 0 Å². The molecule has 2 unspecified atom stereocenters. The number of unbranched alkanes of at least 4 members (excludes halogenated alkanes) is 54. The Morgan fingerprint density at radius 2 is 0.614 bits per heavy atom. The highest BCUT2D eigenvalue weighted by Crippen LogP contribution is 2.43. The van der Waals surface area contributed by atoms with Crippen LogP contribution in [-0.4, -0.2) is 74.9 Å². The Morgan fingerprint density at radius 3 is 0.892 bits per heavy atom. The maximum Gasteiger partial charge on any atom is 0.472 e. The molecule has 494 valence electrons. The number of hydrogen-bond donors (Lipinski definition) is 1. The van der Waals surface area contributed by atoms with Gasteiger partial charge in [0.1, 0.15) is 19.8 Å². The number of allylic oxidation sites excluding steroid dienone is 2. The van der Waals surface area contributed by atoms with Gasteiger partial charge in [0.05, 0.1) is 27.7 Å². The van der Waals surface area contributed by atoms with Crippen molar-refractivity contribution in [2.75, 3.05) is 47.5 Å². The average molecular weight is 1200 g/mol. The number of esters is 2. The van der Waals surface area contributed by atoms with E-state index in [9.17, 15) is 19.0 Å². The third kappa shape index (κ3) is 69.7. The predicted molar refractivity (Wildman–Crippen MR) is 358 cm³/mol. The highest BCUT2D eigenvalue weighted by molar-refractivity contribution is 7.47. The molecule has 0 aromatic heterocycles. The Balaban J connectivity index is 3.94. The Hall–Kier alpha value is -1.25. The molecule has 0 aliphatic rings. The number of likely N-dealkylation sites (N-methyl/N-ethyl adjacent to an activating group) is 1. The first-order valence-corrected chi connectivity index (χ1v) is 38.4. The van der Waals surface area contributed by atoms with Gasteiger partial charge < -0.3 is 18.9 Å². The number of phosphoric ester groups is 1. The number of hydrogen-bond acceptors (Lipinski definition) is 7. The fourth-order valence-corrected chi connectivity index (χ4v) is 12.1. The van der Waals surface area contributed by atoms with Crippen molar-refractivity contribution >= 4 is 19.8 Å². The van der Waals surface area contributed by atoms with E-state index in [2.05, 4.69) is 26.0 Å². The van der Waals surface area contributed by atoms with Crippen LogP contribution in [0.5, 0.6) is 0 Å². The number of phosphoric acid groups is 1. The van der Waals surface area contributed by atoms with Crippen LogP contribution in [0.2, 0.25) is 0 Å². The molecular weight excluding hydrogens is 1050 g/mol. The summed E-state index contributed by atoms with van der Waals surface area (Å²) < 4.78 is 34.8. The van der Waals surface area contributed by atoms with E-state index in [1.807, 2.05) is 21.1 Å². The molecule has 0 spiro atoms. The van der Waals surface area contributed by atoms with Crippen LogP contribution in [0.1, 0.15) is 393 Å². The Morgan fingerprint density at radius 1 is 0.361 bits per heavy atom. The van der Waals surface area contributed by atoms with E-state index in [0.717, 1.165) is 32.1 Å². The predicted octanol–water partition coefficient (Wildman–Crippen LogP) is 23.9. The van der Waals surface area contributed by atoms with Crippen LogP contribution in [-0.2, 0) is 32.7 Å². The first-order valence-electron chi connectivity index (χ1n) is 36.9. The van der Waals surface area contributed by atoms with Crippen LogP contribution in [0, 0.1) is 0 Å². The van der Waals surface area contributed by atoms with Gasteiger partial charge in [-0.3, -0.25) is 18.6 Å². The van der Waals surface area contributed by atoms with E-state index in [1.165, 1.54) is 327 Å². The van der Waals surface area contributed by atoms with Gasteiger partial charge in [0, 0.05) is 12.8 Å². The minimum atomic E-state index is -4.39. The van der Waals surface area contributed by atoms with Crippen molar-refractivity contribution in [3.8, 4) is 0 Å². The second-order valence-corrected chi connectivity index (χ2v) is 28.1. The average Bonchev–Trinajstić information content (AvgIpc) is 3.49. The molecule has 9 nitrogen and oxygen atoms in total. The summed E-state index contributed by atoms with van der Waals surface area (Å²) >= 11 is 0. The maximum absolute atomic E-state index is 12.9. The molecule has 10 heteroatoms. The largest absolute Gasteiger partial charge is 0.472 e. The highest BCUT2D eigenvalue weighted by atomic mass is 31.2. The molecule has 83 heavy (non-hydrogen) atoms. The molecular formula is C73H145NO8P+. The fraction of sp³-hybridized carbons (Fsp3) is 0.945. The summed E-state index contributed by atoms with van der Waals surface area (Å²) in [6, 6.07) is 0. The van der Waals surface area contributed by atoms with Gasteiger partial charge in [-0.05, 0) is 38.5 Å². The number of rotatable bonds is 70. The summed E-state index contributed by atoms with van der Waals surface area (Å²) in [5.41, 5.74) is 0. The molecule has 0 fully saturated rings. The number of carbonyl (C=O) groups is 2. The van der Waals surface area contributed by atoms with Gasteiger partial charge in [0.15, 0.2) is 6.10 Å². The molecule has 0 saturated carbocycles. The van der Waals surface area contributed by atoms with Crippen molar-refractivity contribution in [2.24, 2.45) is 0 Å². The summed E-state index contributed by atoms with van der Waals surface area (Å²) in [7, 11) is 1.50. The molecule has 0 amide bonds. The molecule has 0 saturated heterocycles. The minimum Gasteiger partial charge on any atom is -0.462 e. The van der Waals surface area contributed by atoms with E-state index >= 15 is 0 Å². The molecule has 0 bridgehead atoms. The number of quaternary nitrogens is 1. The summed E-state index contributed by atoms with van der Waals surface area (Å²) in [4.78, 5) is 35.9. The van der Waals surface area contributed by atoms with Gasteiger partial charge in [0.2, 0.25) is 0 Å². The molecule has 2 atom stereocenters. The number of carbonyl (C=O) groups excluding carboxylic acids is 2. The lowest BCUT2D eigenvalue weighted by atomic mass is 10.0. The lowest BCUT2D eigenvalue weighted by molar-refractivity contribution is -0.870. The van der Waals surface area contributed by atoms with E-state index in [4.69, 9.17) is 18.5 Å². The Kier molecular flexibility index (Phi) is 64.2. The van der Waals surface area contributed by atoms with E-state index < -0.39 is 26.5 Å². The zero-order valence-electron chi connectivity index (χ0n) is 56.5. The molecule has 0 rings (SSSR count). The third-order valence-corrected chi connectivity index (χ3v) is 18.0. The molecule has 0 aromatic carbocycles. The Bertz CT molecular complexity index is 1400. The molecule has 0 aliphatic heterocycles. The lowest BCUT2D eigenvalue weighted by Gasteiger charge is -2.24. The van der Waals surface area contributed by atoms with Crippen LogP contribution in [0.3, 0.4) is 0 Å². The van der Waals surface area contributed by atoms with Crippen molar-refractivity contribution in [3.63, 3.8) is 0 Å². The number of nitrogens with zero attached hydrogens (tertiary/aromatic N) is 1. The van der Waals surface area contributed by atoms with E-state index in [0.29, 0.717) is 23.9 Å². The monoisotopic (exact) mass is 1200 g/mol. The van der Waals surface area contributed by atoms with Gasteiger partial charge in [-0.1, -0.05) is 353 Å². The maximum atomic E-state index is 12.9. The summed E-state index contributed by atoms with van der Waals surface area (Å²) in [6.07, 6.45) is 80.5. The topological polar surface area (TPSA) is 108 Å². The van der Waals surface area contributed by atoms with Gasteiger partial charge in [0.25, 0.3) is 0 Å². The van der Waals surface area contributed by atoms with Crippen LogP contribution >= 0.6 is 7.82 Å². The first kappa shape index (κ1) is 81.8. The van der Waals surface area contributed by atoms with Crippen molar-refractivity contribution < 1.29 is 42.1 Å². The second kappa shape index (κ2) is 65.2. The lowest BCUT2D eigenvalue weighted by Crippen LogP contribution is -2.37. The summed E-state index contributed by atoms with van der Waals surface area (Å²) in [5, 5.41) is 0. The summed E-state index contributed by atoms with van der Waals surface area (Å²) in [5.74, 6) is -0.770. The highest BCUT2D eigenvalue weighted by Gasteiger charge is 2.27. The number of ether oxygens (including phenoxy) is 2. The van der Waals surface area contributed by atoms with Crippen LogP contribution in [0.15, 0.2) is 12.2 Å². The molecule has 0 radical (unpaired) electrons. The quantitative estimate of drug-likeness (QED) is 0.0211. The molecule has 0 aromatic rings. The van der Waals surface area contributed by atoms with Gasteiger partial charge >= 0.3 is 19.8 Å². The van der Waals surface area contributed by atoms with Crippen molar-refractivity contribution in [3.05, 3.63) is 12.2 Å². The van der Waals surface area contributed by atoms with Gasteiger partial charge in [-0.15, -0.1) is 0 Å². The normalized spacial score (nSPS) is 13.1. The van der Waals surface area contributed by atoms with Crippen LogP contribution in [0.4, 0.5) is 0 Å². The summed E-state index contributed by atoms with van der Waals surface area (Å²) in [6.45, 7) is 4.52. The molecule has 1 N–H and O–H groups in total. The zero-order chi connectivity index (χ0) is 60.5. The molecule has 0 aliphatic carbocycles. The van der Waals surface area contributed by atoms with E-state index in [-0.39, 0.29) is 25.6 Å². The van der Waals surface area contributed by atoms with E-state index in [1.54, 1.807) is 0 Å². The standard InChI is InChI=1S/C73H144NO8P/c1-6-8-10-12-14-16-18-20-22-24-26-28-30-32-34-35-36-37-38-40-41-43-45-47-49-51-53-55-57-59-61-63-65-72(75)79-69-71(70-81-83(77,78)80-68-67-74(3,4)5)82-73(76)66-64-62-60-58-56-54-52-50-48-46-44-42-39-33-31-29-27-25-23-21-19-17-15-13-11-9-7-2/h25,27,71H,6-24,26,28-70H2,1-5H3/p+1/b27-25-. The van der Waals surface area contributed by atoms with Crippen LogP contribution < -0.4 is 0 Å². The van der Waals surface area contributed by atoms with Gasteiger partial charge in [-0.2, -0.15) is 0 Å². The Labute approximate surface area is 517 Å². The van der Waals surface area contributed by atoms with Crippen molar-refractivity contribution in [2.45, 2.75) is 399 Å².